The molecule has 0 atom stereocenters. The first-order chi connectivity index (χ1) is 14.0. The van der Waals surface area contributed by atoms with Gasteiger partial charge in [0.25, 0.3) is 0 Å². The lowest BCUT2D eigenvalue weighted by molar-refractivity contribution is 0.0697. The van der Waals surface area contributed by atoms with Crippen LogP contribution < -0.4 is 15.7 Å². The SMILES string of the molecule is CCN1CCN(c2c(F)cc3c(=O)c(C(=O)O)c4scc5c(=NC)c2c3n45)CC1. The summed E-state index contributed by atoms with van der Waals surface area (Å²) in [6.45, 7) is 6.08. The molecular weight excluding hydrogens is 395 g/mol. The molecule has 9 heteroatoms. The van der Waals surface area contributed by atoms with Gasteiger partial charge in [-0.3, -0.25) is 14.2 Å². The van der Waals surface area contributed by atoms with Crippen LogP contribution >= 0.6 is 11.3 Å². The normalized spacial score (nSPS) is 16.8. The molecule has 7 nitrogen and oxygen atoms in total. The zero-order valence-electron chi connectivity index (χ0n) is 16.0. The highest BCUT2D eigenvalue weighted by atomic mass is 32.1. The number of aromatic nitrogens is 1. The van der Waals surface area contributed by atoms with Crippen molar-refractivity contribution in [1.82, 2.24) is 9.30 Å². The number of pyridine rings is 1. The van der Waals surface area contributed by atoms with E-state index in [0.717, 1.165) is 19.6 Å². The Kier molecular flexibility index (Phi) is 4.01. The minimum Gasteiger partial charge on any atom is -0.477 e. The van der Waals surface area contributed by atoms with Crippen molar-refractivity contribution in [2.45, 2.75) is 6.92 Å². The number of piperazine rings is 1. The fourth-order valence-corrected chi connectivity index (χ4v) is 5.55. The first-order valence-electron chi connectivity index (χ1n) is 9.48. The molecule has 0 amide bonds. The van der Waals surface area contributed by atoms with Gasteiger partial charge in [0.05, 0.1) is 32.9 Å². The number of benzene rings is 1. The Balaban J connectivity index is 1.92. The molecule has 1 saturated heterocycles. The summed E-state index contributed by atoms with van der Waals surface area (Å²) in [5.41, 5.74) is 0.739. The summed E-state index contributed by atoms with van der Waals surface area (Å²) in [5.74, 6) is -1.82. The summed E-state index contributed by atoms with van der Waals surface area (Å²) >= 11 is 1.20. The summed E-state index contributed by atoms with van der Waals surface area (Å²) in [6, 6.07) is 1.20. The van der Waals surface area contributed by atoms with Crippen molar-refractivity contribution >= 4 is 49.6 Å². The van der Waals surface area contributed by atoms with E-state index in [2.05, 4.69) is 16.8 Å². The van der Waals surface area contributed by atoms with Gasteiger partial charge in [-0.25, -0.2) is 9.18 Å². The second-order valence-electron chi connectivity index (χ2n) is 7.24. The van der Waals surface area contributed by atoms with Crippen LogP contribution in [0.1, 0.15) is 17.3 Å². The predicted octanol–water partition coefficient (Wildman–Crippen LogP) is 2.05. The van der Waals surface area contributed by atoms with E-state index in [4.69, 9.17) is 0 Å². The third-order valence-electron chi connectivity index (χ3n) is 5.91. The second kappa shape index (κ2) is 6.36. The van der Waals surface area contributed by atoms with E-state index in [-0.39, 0.29) is 10.9 Å². The minimum absolute atomic E-state index is 0.0849. The topological polar surface area (TPSA) is 77.6 Å². The molecule has 150 valence electrons. The number of carboxylic acids is 1. The Morgan fingerprint density at radius 2 is 2.03 bits per heavy atom. The Bertz CT molecular complexity index is 1380. The minimum atomic E-state index is -1.30. The maximum atomic E-state index is 15.4. The van der Waals surface area contributed by atoms with Gasteiger partial charge >= 0.3 is 5.97 Å². The molecule has 0 unspecified atom stereocenters. The molecule has 1 N–H and O–H groups in total. The van der Waals surface area contributed by atoms with E-state index in [1.807, 2.05) is 4.90 Å². The third kappa shape index (κ3) is 2.34. The first kappa shape index (κ1) is 18.3. The Labute approximate surface area is 168 Å². The van der Waals surface area contributed by atoms with Crippen LogP contribution in [0.4, 0.5) is 10.1 Å². The molecule has 1 aliphatic heterocycles. The van der Waals surface area contributed by atoms with Gasteiger partial charge in [0, 0.05) is 38.6 Å². The van der Waals surface area contributed by atoms with E-state index < -0.39 is 17.2 Å². The number of aromatic carboxylic acids is 1. The molecule has 0 radical (unpaired) electrons. The number of likely N-dealkylation sites (N-methyl/N-ethyl adjacent to an activating group) is 1. The highest BCUT2D eigenvalue weighted by molar-refractivity contribution is 7.16. The van der Waals surface area contributed by atoms with Crippen molar-refractivity contribution in [2.75, 3.05) is 44.7 Å². The Morgan fingerprint density at radius 3 is 2.66 bits per heavy atom. The van der Waals surface area contributed by atoms with E-state index >= 15 is 4.39 Å². The molecule has 0 aliphatic carbocycles. The first-order valence-corrected chi connectivity index (χ1v) is 10.4. The van der Waals surface area contributed by atoms with E-state index in [9.17, 15) is 14.7 Å². The number of rotatable bonds is 3. The zero-order valence-corrected chi connectivity index (χ0v) is 16.8. The zero-order chi connectivity index (χ0) is 20.4. The van der Waals surface area contributed by atoms with Crippen LogP contribution in [0.25, 0.3) is 26.6 Å². The average Bonchev–Trinajstić information content (AvgIpc) is 3.26. The summed E-state index contributed by atoms with van der Waals surface area (Å²) in [5, 5.41) is 12.7. The molecule has 4 heterocycles. The van der Waals surface area contributed by atoms with Gasteiger partial charge in [0.1, 0.15) is 16.2 Å². The standard InChI is InChI=1S/C20H19FN4O3S/c1-3-23-4-6-24(7-5-23)17-11(21)8-10-16-13(17)15(22-2)12-9-29-19(25(12)16)14(18(10)26)20(27)28/h8-9H,3-7H2,1-2H3,(H,27,28). The van der Waals surface area contributed by atoms with Gasteiger partial charge in [-0.1, -0.05) is 6.92 Å². The van der Waals surface area contributed by atoms with E-state index in [1.54, 1.807) is 16.8 Å². The van der Waals surface area contributed by atoms with Gasteiger partial charge in [0.15, 0.2) is 0 Å². The molecule has 4 aromatic rings. The summed E-state index contributed by atoms with van der Waals surface area (Å²) < 4.78 is 17.1. The van der Waals surface area contributed by atoms with E-state index in [1.165, 1.54) is 17.4 Å². The molecule has 5 rings (SSSR count). The number of hydrogen-bond donors (Lipinski definition) is 1. The number of thiazole rings is 1. The molecule has 0 saturated carbocycles. The molecule has 0 bridgehead atoms. The monoisotopic (exact) mass is 414 g/mol. The maximum absolute atomic E-state index is 15.4. The van der Waals surface area contributed by atoms with Crippen LogP contribution in [-0.4, -0.2) is 60.1 Å². The van der Waals surface area contributed by atoms with Crippen LogP contribution in [0.5, 0.6) is 0 Å². The summed E-state index contributed by atoms with van der Waals surface area (Å²) in [6.07, 6.45) is 0. The van der Waals surface area contributed by atoms with Crippen LogP contribution in [0.3, 0.4) is 0 Å². The van der Waals surface area contributed by atoms with Crippen LogP contribution in [-0.2, 0) is 0 Å². The van der Waals surface area contributed by atoms with Gasteiger partial charge in [-0.2, -0.15) is 0 Å². The van der Waals surface area contributed by atoms with Gasteiger partial charge in [0.2, 0.25) is 5.43 Å². The van der Waals surface area contributed by atoms with Gasteiger partial charge in [-0.15, -0.1) is 11.3 Å². The van der Waals surface area contributed by atoms with E-state index in [0.29, 0.717) is 45.4 Å². The van der Waals surface area contributed by atoms with Crippen LogP contribution in [0.2, 0.25) is 0 Å². The maximum Gasteiger partial charge on any atom is 0.342 e. The summed E-state index contributed by atoms with van der Waals surface area (Å²) in [4.78, 5) is 33.8. The Morgan fingerprint density at radius 1 is 1.31 bits per heavy atom. The quantitative estimate of drug-likeness (QED) is 0.555. The number of carboxylic acid groups (broad SMARTS) is 1. The van der Waals surface area contributed by atoms with Crippen molar-refractivity contribution in [3.05, 3.63) is 38.4 Å². The molecular formula is C20H19FN4O3S. The number of anilines is 1. The highest BCUT2D eigenvalue weighted by Crippen LogP contribution is 2.36. The smallest absolute Gasteiger partial charge is 0.342 e. The average molecular weight is 414 g/mol. The lowest BCUT2D eigenvalue weighted by Gasteiger charge is -2.36. The molecule has 3 aromatic heterocycles. The second-order valence-corrected chi connectivity index (χ2v) is 8.10. The van der Waals surface area contributed by atoms with Crippen LogP contribution in [0.15, 0.2) is 21.2 Å². The predicted molar refractivity (Wildman–Crippen MR) is 112 cm³/mol. The van der Waals surface area contributed by atoms with Gasteiger partial charge < -0.3 is 14.9 Å². The van der Waals surface area contributed by atoms with Gasteiger partial charge in [-0.05, 0) is 12.6 Å². The highest BCUT2D eigenvalue weighted by Gasteiger charge is 2.29. The number of halogens is 1. The number of carbonyl (C=O) groups is 1. The number of nitrogens with zero attached hydrogens (tertiary/aromatic N) is 4. The van der Waals surface area contributed by atoms with Crippen LogP contribution in [0, 0.1) is 5.82 Å². The van der Waals surface area contributed by atoms with Crippen molar-refractivity contribution in [3.8, 4) is 0 Å². The van der Waals surface area contributed by atoms with Crippen molar-refractivity contribution in [1.29, 1.82) is 0 Å². The fourth-order valence-electron chi connectivity index (χ4n) is 4.51. The molecule has 1 aliphatic rings. The lowest BCUT2D eigenvalue weighted by atomic mass is 10.1. The fraction of sp³-hybridized carbons (Fsp3) is 0.350. The summed E-state index contributed by atoms with van der Waals surface area (Å²) in [7, 11) is 1.64. The van der Waals surface area contributed by atoms with Crippen molar-refractivity contribution in [2.24, 2.45) is 4.99 Å². The molecule has 0 spiro atoms. The largest absolute Gasteiger partial charge is 0.477 e. The lowest BCUT2D eigenvalue weighted by Crippen LogP contribution is -2.46. The third-order valence-corrected chi connectivity index (χ3v) is 6.87. The molecule has 1 aromatic carbocycles. The number of hydrogen-bond acceptors (Lipinski definition) is 6. The molecule has 1 fully saturated rings. The molecule has 29 heavy (non-hydrogen) atoms. The van der Waals surface area contributed by atoms with Crippen molar-refractivity contribution < 1.29 is 14.3 Å². The van der Waals surface area contributed by atoms with Crippen molar-refractivity contribution in [3.63, 3.8) is 0 Å². The Hall–Kier alpha value is -2.78.